The van der Waals surface area contributed by atoms with Crippen LogP contribution in [0.4, 0.5) is 10.1 Å². The Morgan fingerprint density at radius 1 is 1.38 bits per heavy atom. The van der Waals surface area contributed by atoms with Crippen molar-refractivity contribution in [3.05, 3.63) is 58.4 Å². The number of halogens is 2. The van der Waals surface area contributed by atoms with E-state index in [2.05, 4.69) is 5.32 Å². The zero-order valence-corrected chi connectivity index (χ0v) is 12.1. The summed E-state index contributed by atoms with van der Waals surface area (Å²) in [6.45, 7) is 1.95. The number of ether oxygens (including phenoxy) is 1. The minimum Gasteiger partial charge on any atom is -0.489 e. The number of hydrogen-bond donors (Lipinski definition) is 1. The van der Waals surface area contributed by atoms with Gasteiger partial charge in [0.1, 0.15) is 17.7 Å². The summed E-state index contributed by atoms with van der Waals surface area (Å²) >= 11 is 5.78. The average molecular weight is 306 g/mol. The summed E-state index contributed by atoms with van der Waals surface area (Å²) in [7, 11) is 0. The molecule has 21 heavy (non-hydrogen) atoms. The van der Waals surface area contributed by atoms with Crippen molar-refractivity contribution in [2.75, 3.05) is 5.32 Å². The van der Waals surface area contributed by atoms with E-state index in [4.69, 9.17) is 16.3 Å². The van der Waals surface area contributed by atoms with E-state index in [-0.39, 0.29) is 17.0 Å². The van der Waals surface area contributed by atoms with Crippen LogP contribution < -0.4 is 10.1 Å². The van der Waals surface area contributed by atoms with E-state index in [1.807, 2.05) is 19.1 Å². The number of hydrogen-bond acceptors (Lipinski definition) is 2. The Hall–Kier alpha value is -2.07. The second-order valence-corrected chi connectivity index (χ2v) is 5.48. The van der Waals surface area contributed by atoms with Crippen LogP contribution in [-0.2, 0) is 6.42 Å². The van der Waals surface area contributed by atoms with Crippen LogP contribution in [0, 0.1) is 5.82 Å². The van der Waals surface area contributed by atoms with Crippen molar-refractivity contribution in [3.63, 3.8) is 0 Å². The highest BCUT2D eigenvalue weighted by Gasteiger charge is 2.24. The van der Waals surface area contributed by atoms with Crippen LogP contribution in [0.5, 0.6) is 5.75 Å². The Morgan fingerprint density at radius 2 is 2.19 bits per heavy atom. The molecule has 0 aromatic heterocycles. The Morgan fingerprint density at radius 3 is 2.95 bits per heavy atom. The maximum absolute atomic E-state index is 13.3. The molecule has 0 saturated carbocycles. The van der Waals surface area contributed by atoms with Crippen LogP contribution in [0.15, 0.2) is 36.4 Å². The number of anilines is 1. The summed E-state index contributed by atoms with van der Waals surface area (Å²) in [6, 6.07) is 9.34. The molecular formula is C16H13ClFNO2. The predicted molar refractivity (Wildman–Crippen MR) is 79.6 cm³/mol. The van der Waals surface area contributed by atoms with E-state index < -0.39 is 5.82 Å². The number of carbonyl (C=O) groups excluding carboxylic acids is 1. The second kappa shape index (κ2) is 5.37. The van der Waals surface area contributed by atoms with E-state index in [0.717, 1.165) is 12.0 Å². The van der Waals surface area contributed by atoms with Gasteiger partial charge in [-0.05, 0) is 36.8 Å². The van der Waals surface area contributed by atoms with E-state index in [1.54, 1.807) is 6.07 Å². The van der Waals surface area contributed by atoms with Gasteiger partial charge in [0.15, 0.2) is 0 Å². The lowest BCUT2D eigenvalue weighted by molar-refractivity contribution is 0.102. The van der Waals surface area contributed by atoms with Crippen LogP contribution in [0.2, 0.25) is 5.02 Å². The number of para-hydroxylation sites is 1. The third kappa shape index (κ3) is 2.85. The fourth-order valence-corrected chi connectivity index (χ4v) is 2.66. The van der Waals surface area contributed by atoms with Crippen molar-refractivity contribution in [1.82, 2.24) is 0 Å². The minimum absolute atomic E-state index is 0.0533. The summed E-state index contributed by atoms with van der Waals surface area (Å²) in [6.07, 6.45) is 0.833. The Labute approximate surface area is 126 Å². The first-order valence-electron chi connectivity index (χ1n) is 6.59. The third-order valence-corrected chi connectivity index (χ3v) is 3.51. The van der Waals surface area contributed by atoms with E-state index in [9.17, 15) is 9.18 Å². The van der Waals surface area contributed by atoms with Crippen molar-refractivity contribution in [2.24, 2.45) is 0 Å². The second-order valence-electron chi connectivity index (χ2n) is 5.04. The molecule has 1 aliphatic heterocycles. The standard InChI is InChI=1S/C16H13ClFNO2/c1-9-5-10-3-2-4-14(15(10)21-9)16(20)19-13-7-11(17)6-12(18)8-13/h2-4,6-9H,5H2,1H3,(H,19,20). The molecule has 1 unspecified atom stereocenters. The van der Waals surface area contributed by atoms with Crippen LogP contribution in [-0.4, -0.2) is 12.0 Å². The van der Waals surface area contributed by atoms with E-state index in [1.165, 1.54) is 18.2 Å². The molecule has 0 bridgehead atoms. The van der Waals surface area contributed by atoms with Crippen LogP contribution >= 0.6 is 11.6 Å². The molecule has 108 valence electrons. The van der Waals surface area contributed by atoms with Gasteiger partial charge < -0.3 is 10.1 Å². The number of carbonyl (C=O) groups is 1. The molecule has 0 saturated heterocycles. The van der Waals surface area contributed by atoms with Crippen LogP contribution in [0.25, 0.3) is 0 Å². The largest absolute Gasteiger partial charge is 0.489 e. The molecule has 0 radical (unpaired) electrons. The average Bonchev–Trinajstić information content (AvgIpc) is 2.77. The van der Waals surface area contributed by atoms with Gasteiger partial charge in [-0.15, -0.1) is 0 Å². The lowest BCUT2D eigenvalue weighted by atomic mass is 10.1. The van der Waals surface area contributed by atoms with Gasteiger partial charge in [0.05, 0.1) is 5.56 Å². The van der Waals surface area contributed by atoms with Gasteiger partial charge in [-0.3, -0.25) is 4.79 Å². The maximum atomic E-state index is 13.3. The molecule has 0 aliphatic carbocycles. The smallest absolute Gasteiger partial charge is 0.259 e. The van der Waals surface area contributed by atoms with Crippen molar-refractivity contribution < 1.29 is 13.9 Å². The normalized spacial score (nSPS) is 16.2. The highest BCUT2D eigenvalue weighted by molar-refractivity contribution is 6.31. The first-order chi connectivity index (χ1) is 10.0. The number of fused-ring (bicyclic) bond motifs is 1. The topological polar surface area (TPSA) is 38.3 Å². The summed E-state index contributed by atoms with van der Waals surface area (Å²) in [5.41, 5.74) is 1.76. The molecule has 1 heterocycles. The van der Waals surface area contributed by atoms with Crippen LogP contribution in [0.3, 0.4) is 0 Å². The van der Waals surface area contributed by atoms with Gasteiger partial charge in [0.25, 0.3) is 5.91 Å². The minimum atomic E-state index is -0.499. The molecule has 2 aromatic rings. The molecule has 1 atom stereocenters. The van der Waals surface area contributed by atoms with Gasteiger partial charge in [0.2, 0.25) is 0 Å². The number of rotatable bonds is 2. The Kier molecular flexibility index (Phi) is 3.55. The quantitative estimate of drug-likeness (QED) is 0.909. The highest BCUT2D eigenvalue weighted by atomic mass is 35.5. The molecule has 0 fully saturated rings. The van der Waals surface area contributed by atoms with Crippen molar-refractivity contribution >= 4 is 23.2 Å². The molecular weight excluding hydrogens is 293 g/mol. The summed E-state index contributed by atoms with van der Waals surface area (Å²) in [5, 5.41) is 2.87. The van der Waals surface area contributed by atoms with Gasteiger partial charge in [-0.1, -0.05) is 23.7 Å². The van der Waals surface area contributed by atoms with Gasteiger partial charge in [0, 0.05) is 17.1 Å². The summed E-state index contributed by atoms with van der Waals surface area (Å²) < 4.78 is 19.0. The van der Waals surface area contributed by atoms with Gasteiger partial charge in [-0.2, -0.15) is 0 Å². The lowest BCUT2D eigenvalue weighted by Gasteiger charge is -2.10. The zero-order valence-electron chi connectivity index (χ0n) is 11.3. The fraction of sp³-hybridized carbons (Fsp3) is 0.188. The van der Waals surface area contributed by atoms with E-state index >= 15 is 0 Å². The van der Waals surface area contributed by atoms with Gasteiger partial charge >= 0.3 is 0 Å². The SMILES string of the molecule is CC1Cc2cccc(C(=O)Nc3cc(F)cc(Cl)c3)c2O1. The van der Waals surface area contributed by atoms with Gasteiger partial charge in [-0.25, -0.2) is 4.39 Å². The molecule has 1 N–H and O–H groups in total. The molecule has 2 aromatic carbocycles. The molecule has 3 rings (SSSR count). The third-order valence-electron chi connectivity index (χ3n) is 3.29. The molecule has 5 heteroatoms. The zero-order chi connectivity index (χ0) is 15.0. The summed E-state index contributed by atoms with van der Waals surface area (Å²) in [5.74, 6) is -0.242. The monoisotopic (exact) mass is 305 g/mol. The molecule has 1 aliphatic rings. The lowest BCUT2D eigenvalue weighted by Crippen LogP contribution is -2.14. The highest BCUT2D eigenvalue weighted by Crippen LogP contribution is 2.33. The Balaban J connectivity index is 1.88. The van der Waals surface area contributed by atoms with Crippen LogP contribution in [0.1, 0.15) is 22.8 Å². The molecule has 0 spiro atoms. The van der Waals surface area contributed by atoms with Crippen molar-refractivity contribution in [3.8, 4) is 5.75 Å². The van der Waals surface area contributed by atoms with E-state index in [0.29, 0.717) is 17.0 Å². The molecule has 1 amide bonds. The fourth-order valence-electron chi connectivity index (χ4n) is 2.44. The number of benzene rings is 2. The number of amides is 1. The Bertz CT molecular complexity index is 697. The predicted octanol–water partition coefficient (Wildman–Crippen LogP) is 4.05. The molecule has 3 nitrogen and oxygen atoms in total. The summed E-state index contributed by atoms with van der Waals surface area (Å²) in [4.78, 5) is 12.3. The number of nitrogens with one attached hydrogen (secondary N) is 1. The van der Waals surface area contributed by atoms with Crippen molar-refractivity contribution in [2.45, 2.75) is 19.4 Å². The first-order valence-corrected chi connectivity index (χ1v) is 6.97. The maximum Gasteiger partial charge on any atom is 0.259 e. The van der Waals surface area contributed by atoms with Crippen molar-refractivity contribution in [1.29, 1.82) is 0 Å². The first kappa shape index (κ1) is 13.9.